The quantitative estimate of drug-likeness (QED) is 0.550. The van der Waals surface area contributed by atoms with E-state index in [4.69, 9.17) is 9.47 Å². The van der Waals surface area contributed by atoms with Gasteiger partial charge in [-0.15, -0.1) is 11.3 Å². The van der Waals surface area contributed by atoms with E-state index in [9.17, 15) is 18.0 Å². The van der Waals surface area contributed by atoms with Gasteiger partial charge in [0, 0.05) is 11.9 Å². The minimum atomic E-state index is -4.75. The third-order valence-corrected chi connectivity index (χ3v) is 5.06. The van der Waals surface area contributed by atoms with Gasteiger partial charge in [0.2, 0.25) is 5.95 Å². The Labute approximate surface area is 173 Å². The highest BCUT2D eigenvalue weighted by molar-refractivity contribution is 7.17. The summed E-state index contributed by atoms with van der Waals surface area (Å²) in [6, 6.07) is 6.55. The van der Waals surface area contributed by atoms with Crippen molar-refractivity contribution in [3.63, 3.8) is 0 Å². The van der Waals surface area contributed by atoms with Gasteiger partial charge in [0.1, 0.15) is 15.6 Å². The highest BCUT2D eigenvalue weighted by atomic mass is 32.1. The van der Waals surface area contributed by atoms with E-state index in [1.165, 1.54) is 14.0 Å². The number of benzene rings is 1. The van der Waals surface area contributed by atoms with E-state index in [1.54, 1.807) is 31.2 Å². The van der Waals surface area contributed by atoms with Crippen LogP contribution in [0.3, 0.4) is 0 Å². The average molecular weight is 438 g/mol. The molecule has 0 unspecified atom stereocenters. The van der Waals surface area contributed by atoms with Crippen LogP contribution in [0.25, 0.3) is 10.6 Å². The number of aryl methyl sites for hydroxylation is 1. The number of rotatable bonds is 6. The summed E-state index contributed by atoms with van der Waals surface area (Å²) in [7, 11) is 1.51. The number of nitrogens with zero attached hydrogens (tertiary/aromatic N) is 3. The number of hydrogen-bond donors (Lipinski definition) is 1. The van der Waals surface area contributed by atoms with Crippen molar-refractivity contribution in [1.29, 1.82) is 0 Å². The van der Waals surface area contributed by atoms with Crippen LogP contribution < -0.4 is 10.1 Å². The van der Waals surface area contributed by atoms with E-state index < -0.39 is 17.8 Å². The molecule has 0 amide bonds. The molecule has 0 fully saturated rings. The maximum atomic E-state index is 13.7. The summed E-state index contributed by atoms with van der Waals surface area (Å²) < 4.78 is 51.0. The summed E-state index contributed by atoms with van der Waals surface area (Å²) >= 11 is 0.805. The fraction of sp³-hybridized carbons (Fsp3) is 0.263. The number of anilines is 2. The maximum absolute atomic E-state index is 13.7. The lowest BCUT2D eigenvalue weighted by molar-refractivity contribution is -0.140. The lowest BCUT2D eigenvalue weighted by Gasteiger charge is -2.12. The number of carbonyl (C=O) groups excluding carboxylic acids is 1. The molecule has 0 bridgehead atoms. The molecule has 1 aromatic carbocycles. The average Bonchev–Trinajstić information content (AvgIpc) is 3.10. The highest BCUT2D eigenvalue weighted by Gasteiger charge is 2.37. The van der Waals surface area contributed by atoms with Crippen molar-refractivity contribution < 1.29 is 27.4 Å². The van der Waals surface area contributed by atoms with Gasteiger partial charge in [-0.25, -0.2) is 19.7 Å². The zero-order valence-electron chi connectivity index (χ0n) is 16.2. The summed E-state index contributed by atoms with van der Waals surface area (Å²) in [6.45, 7) is 3.31. The van der Waals surface area contributed by atoms with Crippen molar-refractivity contribution in [2.24, 2.45) is 0 Å². The van der Waals surface area contributed by atoms with Gasteiger partial charge in [-0.3, -0.25) is 0 Å². The van der Waals surface area contributed by atoms with Gasteiger partial charge < -0.3 is 14.8 Å². The molecule has 158 valence electrons. The normalized spacial score (nSPS) is 11.3. The van der Waals surface area contributed by atoms with E-state index in [0.29, 0.717) is 11.4 Å². The fourth-order valence-corrected chi connectivity index (χ4v) is 3.49. The van der Waals surface area contributed by atoms with Crippen molar-refractivity contribution >= 4 is 28.9 Å². The van der Waals surface area contributed by atoms with Crippen LogP contribution in [-0.2, 0) is 10.9 Å². The van der Waals surface area contributed by atoms with Gasteiger partial charge in [0.25, 0.3) is 0 Å². The Morgan fingerprint density at radius 3 is 2.50 bits per heavy atom. The Balaban J connectivity index is 1.97. The molecule has 0 saturated heterocycles. The number of halogens is 3. The molecule has 7 nitrogen and oxygen atoms in total. The van der Waals surface area contributed by atoms with Gasteiger partial charge in [0.15, 0.2) is 5.69 Å². The Kier molecular flexibility index (Phi) is 6.20. The van der Waals surface area contributed by atoms with E-state index in [1.807, 2.05) is 0 Å². The molecule has 0 aliphatic heterocycles. The first kappa shape index (κ1) is 21.5. The fourth-order valence-electron chi connectivity index (χ4n) is 2.52. The summed E-state index contributed by atoms with van der Waals surface area (Å²) in [5.74, 6) is -0.259. The predicted molar refractivity (Wildman–Crippen MR) is 105 cm³/mol. The van der Waals surface area contributed by atoms with Crippen molar-refractivity contribution in [1.82, 2.24) is 15.0 Å². The molecule has 3 aromatic rings. The Morgan fingerprint density at radius 1 is 1.20 bits per heavy atom. The first-order chi connectivity index (χ1) is 14.2. The molecule has 0 saturated carbocycles. The second kappa shape index (κ2) is 8.66. The lowest BCUT2D eigenvalue weighted by Crippen LogP contribution is -2.12. The molecule has 0 spiro atoms. The third-order valence-electron chi connectivity index (χ3n) is 3.89. The standard InChI is InChI=1S/C19H17F3N4O3S/c1-4-29-17(27)14-10(2)24-16(30-14)13-9-23-18(26-15(13)19(20,21)22)25-11-5-7-12(28-3)8-6-11/h5-9H,4H2,1-3H3,(H,23,25,26). The Bertz CT molecular complexity index is 1050. The van der Waals surface area contributed by atoms with Gasteiger partial charge in [-0.2, -0.15) is 13.2 Å². The van der Waals surface area contributed by atoms with Crippen LogP contribution in [0, 0.1) is 6.92 Å². The number of alkyl halides is 3. The molecule has 0 radical (unpaired) electrons. The van der Waals surface area contributed by atoms with Crippen molar-refractivity contribution in [2.75, 3.05) is 19.0 Å². The monoisotopic (exact) mass is 438 g/mol. The van der Waals surface area contributed by atoms with Crippen molar-refractivity contribution in [3.8, 4) is 16.3 Å². The SMILES string of the molecule is CCOC(=O)c1sc(-c2cnc(Nc3ccc(OC)cc3)nc2C(F)(F)F)nc1C. The first-order valence-corrected chi connectivity index (χ1v) is 9.54. The number of thiazole rings is 1. The molecule has 2 aromatic heterocycles. The predicted octanol–water partition coefficient (Wildman–Crippen LogP) is 4.86. The molecule has 1 N–H and O–H groups in total. The zero-order valence-corrected chi connectivity index (χ0v) is 17.0. The minimum Gasteiger partial charge on any atom is -0.497 e. The zero-order chi connectivity index (χ0) is 21.9. The molecule has 0 aliphatic carbocycles. The molecule has 11 heteroatoms. The van der Waals surface area contributed by atoms with Gasteiger partial charge >= 0.3 is 12.1 Å². The van der Waals surface area contributed by atoms with Gasteiger partial charge in [-0.1, -0.05) is 0 Å². The summed E-state index contributed by atoms with van der Waals surface area (Å²) in [4.78, 5) is 23.8. The van der Waals surface area contributed by atoms with Crippen LogP contribution >= 0.6 is 11.3 Å². The van der Waals surface area contributed by atoms with Crippen molar-refractivity contribution in [2.45, 2.75) is 20.0 Å². The van der Waals surface area contributed by atoms with Gasteiger partial charge in [-0.05, 0) is 38.1 Å². The van der Waals surface area contributed by atoms with Crippen LogP contribution in [-0.4, -0.2) is 34.6 Å². The van der Waals surface area contributed by atoms with E-state index >= 15 is 0 Å². The second-order valence-corrected chi connectivity index (χ2v) is 6.96. The molecule has 0 atom stereocenters. The number of methoxy groups -OCH3 is 1. The third kappa shape index (κ3) is 4.67. The minimum absolute atomic E-state index is 0.0149. The smallest absolute Gasteiger partial charge is 0.434 e. The van der Waals surface area contributed by atoms with Crippen LogP contribution in [0.4, 0.5) is 24.8 Å². The second-order valence-electron chi connectivity index (χ2n) is 5.96. The largest absolute Gasteiger partial charge is 0.497 e. The molecule has 2 heterocycles. The number of esters is 1. The molecule has 3 rings (SSSR count). The topological polar surface area (TPSA) is 86.2 Å². The van der Waals surface area contributed by atoms with Crippen LogP contribution in [0.1, 0.15) is 28.0 Å². The van der Waals surface area contributed by atoms with Crippen LogP contribution in [0.15, 0.2) is 30.5 Å². The summed E-state index contributed by atoms with van der Waals surface area (Å²) in [5, 5.41) is 2.71. The highest BCUT2D eigenvalue weighted by Crippen LogP contribution is 2.38. The first-order valence-electron chi connectivity index (χ1n) is 8.73. The maximum Gasteiger partial charge on any atom is 0.434 e. The number of hydrogen-bond acceptors (Lipinski definition) is 8. The van der Waals surface area contributed by atoms with Crippen LogP contribution in [0.2, 0.25) is 0 Å². The number of nitrogens with one attached hydrogen (secondary N) is 1. The molecular weight excluding hydrogens is 421 g/mol. The summed E-state index contributed by atoms with van der Waals surface area (Å²) in [5.41, 5.74) is -0.697. The number of aromatic nitrogens is 3. The molecule has 30 heavy (non-hydrogen) atoms. The number of ether oxygens (including phenoxy) is 2. The lowest BCUT2D eigenvalue weighted by atomic mass is 10.2. The summed E-state index contributed by atoms with van der Waals surface area (Å²) in [6.07, 6.45) is -3.72. The molecule has 0 aliphatic rings. The molecular formula is C19H17F3N4O3S. The van der Waals surface area contributed by atoms with Gasteiger partial charge in [0.05, 0.1) is 25.0 Å². The van der Waals surface area contributed by atoms with E-state index in [-0.39, 0.29) is 33.7 Å². The van der Waals surface area contributed by atoms with Crippen molar-refractivity contribution in [3.05, 3.63) is 46.7 Å². The Morgan fingerprint density at radius 2 is 1.90 bits per heavy atom. The Hall–Kier alpha value is -3.21. The number of carbonyl (C=O) groups is 1. The van der Waals surface area contributed by atoms with Crippen LogP contribution in [0.5, 0.6) is 5.75 Å². The van der Waals surface area contributed by atoms with E-state index in [2.05, 4.69) is 20.3 Å². The van der Waals surface area contributed by atoms with E-state index in [0.717, 1.165) is 17.5 Å².